The Bertz CT molecular complexity index is 606. The number of halogens is 1. The van der Waals surface area contributed by atoms with E-state index in [4.69, 9.17) is 5.11 Å². The number of hydrogen-bond donors (Lipinski definition) is 2. The predicted molar refractivity (Wildman–Crippen MR) is 60.4 cm³/mol. The van der Waals surface area contributed by atoms with Crippen molar-refractivity contribution < 1.29 is 14.3 Å². The second kappa shape index (κ2) is 3.48. The van der Waals surface area contributed by atoms with E-state index in [0.29, 0.717) is 18.4 Å². The molecule has 0 aliphatic carbocycles. The smallest absolute Gasteiger partial charge is 0.407 e. The number of carbonyl (C=O) groups is 1. The van der Waals surface area contributed by atoms with E-state index in [-0.39, 0.29) is 12.4 Å². The van der Waals surface area contributed by atoms with Crippen LogP contribution in [0.15, 0.2) is 18.2 Å². The van der Waals surface area contributed by atoms with Crippen molar-refractivity contribution in [1.29, 1.82) is 0 Å². The zero-order valence-electron chi connectivity index (χ0n) is 9.03. The zero-order valence-corrected chi connectivity index (χ0v) is 9.03. The minimum atomic E-state index is -0.957. The van der Waals surface area contributed by atoms with Gasteiger partial charge >= 0.3 is 6.09 Å². The van der Waals surface area contributed by atoms with Gasteiger partial charge in [0.2, 0.25) is 0 Å². The monoisotopic (exact) mass is 234 g/mol. The molecule has 88 valence electrons. The van der Waals surface area contributed by atoms with Gasteiger partial charge in [0.1, 0.15) is 5.82 Å². The first-order valence-corrected chi connectivity index (χ1v) is 5.42. The van der Waals surface area contributed by atoms with Crippen LogP contribution in [-0.4, -0.2) is 27.6 Å². The molecule has 0 bridgehead atoms. The minimum Gasteiger partial charge on any atom is -0.465 e. The van der Waals surface area contributed by atoms with Crippen LogP contribution >= 0.6 is 0 Å². The van der Waals surface area contributed by atoms with Crippen molar-refractivity contribution in [2.45, 2.75) is 13.0 Å². The average Bonchev–Trinajstić information content (AvgIpc) is 2.67. The van der Waals surface area contributed by atoms with E-state index in [1.54, 1.807) is 6.07 Å². The van der Waals surface area contributed by atoms with Crippen LogP contribution in [0.2, 0.25) is 0 Å². The lowest BCUT2D eigenvalue weighted by molar-refractivity contribution is 0.140. The van der Waals surface area contributed by atoms with Crippen LogP contribution in [0.5, 0.6) is 0 Å². The van der Waals surface area contributed by atoms with Crippen molar-refractivity contribution in [1.82, 2.24) is 9.88 Å². The highest BCUT2D eigenvalue weighted by Gasteiger charge is 2.24. The number of rotatable bonds is 0. The first-order chi connectivity index (χ1) is 8.16. The fraction of sp³-hybridized carbons (Fsp3) is 0.250. The Kier molecular flexibility index (Phi) is 2.07. The van der Waals surface area contributed by atoms with E-state index in [1.165, 1.54) is 11.0 Å². The normalized spacial score (nSPS) is 15.0. The van der Waals surface area contributed by atoms with Crippen molar-refractivity contribution in [3.63, 3.8) is 0 Å². The largest absolute Gasteiger partial charge is 0.465 e. The number of nitrogens with zero attached hydrogens (tertiary/aromatic N) is 1. The summed E-state index contributed by atoms with van der Waals surface area (Å²) < 4.78 is 13.7. The van der Waals surface area contributed by atoms with Gasteiger partial charge in [-0.05, 0) is 12.1 Å². The fourth-order valence-corrected chi connectivity index (χ4v) is 2.39. The van der Waals surface area contributed by atoms with Crippen LogP contribution in [0.4, 0.5) is 9.18 Å². The summed E-state index contributed by atoms with van der Waals surface area (Å²) in [4.78, 5) is 15.4. The summed E-state index contributed by atoms with van der Waals surface area (Å²) in [5, 5.41) is 9.49. The molecule has 3 rings (SSSR count). The first-order valence-electron chi connectivity index (χ1n) is 5.42. The number of H-pyrrole nitrogens is 1. The molecule has 2 heterocycles. The third-order valence-electron chi connectivity index (χ3n) is 3.22. The van der Waals surface area contributed by atoms with Gasteiger partial charge in [0.05, 0.1) is 6.54 Å². The van der Waals surface area contributed by atoms with Crippen LogP contribution in [-0.2, 0) is 13.0 Å². The van der Waals surface area contributed by atoms with Gasteiger partial charge < -0.3 is 15.0 Å². The summed E-state index contributed by atoms with van der Waals surface area (Å²) >= 11 is 0. The summed E-state index contributed by atoms with van der Waals surface area (Å²) in [7, 11) is 0. The lowest BCUT2D eigenvalue weighted by Gasteiger charge is -2.24. The highest BCUT2D eigenvalue weighted by molar-refractivity contribution is 5.86. The second-order valence-electron chi connectivity index (χ2n) is 4.20. The number of benzene rings is 1. The molecule has 1 aliphatic rings. The van der Waals surface area contributed by atoms with Gasteiger partial charge in [0, 0.05) is 35.1 Å². The predicted octanol–water partition coefficient (Wildman–Crippen LogP) is 2.34. The molecule has 0 saturated carbocycles. The molecule has 0 fully saturated rings. The molecule has 0 radical (unpaired) electrons. The van der Waals surface area contributed by atoms with Crippen molar-refractivity contribution in [2.24, 2.45) is 0 Å². The number of amides is 1. The summed E-state index contributed by atoms with van der Waals surface area (Å²) in [5.41, 5.74) is 2.46. The Morgan fingerprint density at radius 3 is 3.06 bits per heavy atom. The van der Waals surface area contributed by atoms with Crippen molar-refractivity contribution >= 4 is 17.0 Å². The van der Waals surface area contributed by atoms with Gasteiger partial charge in [-0.2, -0.15) is 0 Å². The number of nitrogens with one attached hydrogen (secondary N) is 1. The van der Waals surface area contributed by atoms with Gasteiger partial charge in [-0.15, -0.1) is 0 Å². The molecule has 1 aromatic heterocycles. The lowest BCUT2D eigenvalue weighted by Crippen LogP contribution is -2.34. The molecule has 2 aromatic rings. The Labute approximate surface area is 96.7 Å². The summed E-state index contributed by atoms with van der Waals surface area (Å²) in [6.07, 6.45) is -0.350. The van der Waals surface area contributed by atoms with Gasteiger partial charge in [-0.25, -0.2) is 9.18 Å². The highest BCUT2D eigenvalue weighted by atomic mass is 19.1. The number of carboxylic acid groups (broad SMARTS) is 1. The van der Waals surface area contributed by atoms with Crippen LogP contribution in [0.1, 0.15) is 11.3 Å². The molecule has 4 nitrogen and oxygen atoms in total. The van der Waals surface area contributed by atoms with Crippen LogP contribution < -0.4 is 0 Å². The molecule has 0 spiro atoms. The van der Waals surface area contributed by atoms with E-state index < -0.39 is 6.09 Å². The maximum Gasteiger partial charge on any atom is 0.407 e. The molecule has 0 atom stereocenters. The van der Waals surface area contributed by atoms with Crippen molar-refractivity contribution in [3.8, 4) is 0 Å². The third-order valence-corrected chi connectivity index (χ3v) is 3.22. The van der Waals surface area contributed by atoms with E-state index >= 15 is 0 Å². The highest BCUT2D eigenvalue weighted by Crippen LogP contribution is 2.29. The zero-order chi connectivity index (χ0) is 12.0. The Hall–Kier alpha value is -2.04. The van der Waals surface area contributed by atoms with E-state index in [2.05, 4.69) is 4.98 Å². The molecule has 0 unspecified atom stereocenters. The van der Waals surface area contributed by atoms with Gasteiger partial charge in [0.25, 0.3) is 0 Å². The van der Waals surface area contributed by atoms with E-state index in [1.807, 2.05) is 6.07 Å². The van der Waals surface area contributed by atoms with Gasteiger partial charge in [-0.3, -0.25) is 0 Å². The summed E-state index contributed by atoms with van der Waals surface area (Å²) in [5.74, 6) is -0.299. The molecule has 2 N–H and O–H groups in total. The van der Waals surface area contributed by atoms with E-state index in [0.717, 1.165) is 16.8 Å². The molecule has 1 aliphatic heterocycles. The van der Waals surface area contributed by atoms with Crippen molar-refractivity contribution in [3.05, 3.63) is 35.3 Å². The SMILES string of the molecule is O=C(O)N1CCc2[nH]c3cccc(F)c3c2C1. The first kappa shape index (κ1) is 10.1. The molecule has 1 amide bonds. The van der Waals surface area contributed by atoms with Crippen LogP contribution in [0, 0.1) is 5.82 Å². The van der Waals surface area contributed by atoms with Gasteiger partial charge in [0.15, 0.2) is 0 Å². The quantitative estimate of drug-likeness (QED) is 0.735. The molecular weight excluding hydrogens is 223 g/mol. The number of fused-ring (bicyclic) bond motifs is 3. The Morgan fingerprint density at radius 2 is 2.29 bits per heavy atom. The molecule has 0 saturated heterocycles. The maximum atomic E-state index is 13.7. The molecular formula is C12H11FN2O2. The standard InChI is InChI=1S/C12H11FN2O2/c13-8-2-1-3-10-11(8)7-6-15(12(16)17)5-4-9(7)14-10/h1-3,14H,4-6H2,(H,16,17). The Balaban J connectivity index is 2.17. The van der Waals surface area contributed by atoms with Crippen LogP contribution in [0.25, 0.3) is 10.9 Å². The fourth-order valence-electron chi connectivity index (χ4n) is 2.39. The lowest BCUT2D eigenvalue weighted by atomic mass is 10.0. The topological polar surface area (TPSA) is 56.3 Å². The number of aromatic nitrogens is 1. The number of hydrogen-bond acceptors (Lipinski definition) is 1. The third kappa shape index (κ3) is 1.46. The Morgan fingerprint density at radius 1 is 1.47 bits per heavy atom. The summed E-state index contributed by atoms with van der Waals surface area (Å²) in [6.45, 7) is 0.711. The van der Waals surface area contributed by atoms with E-state index in [9.17, 15) is 9.18 Å². The summed E-state index contributed by atoms with van der Waals surface area (Å²) in [6, 6.07) is 4.85. The second-order valence-corrected chi connectivity index (χ2v) is 4.20. The maximum absolute atomic E-state index is 13.7. The minimum absolute atomic E-state index is 0.256. The average molecular weight is 234 g/mol. The number of aromatic amines is 1. The van der Waals surface area contributed by atoms with Gasteiger partial charge in [-0.1, -0.05) is 6.07 Å². The van der Waals surface area contributed by atoms with Crippen molar-refractivity contribution in [2.75, 3.05) is 6.54 Å². The molecule has 17 heavy (non-hydrogen) atoms. The molecule has 5 heteroatoms. The molecule has 1 aromatic carbocycles. The van der Waals surface area contributed by atoms with Crippen LogP contribution in [0.3, 0.4) is 0 Å².